The summed E-state index contributed by atoms with van der Waals surface area (Å²) in [5.41, 5.74) is 5.50. The van der Waals surface area contributed by atoms with E-state index in [0.29, 0.717) is 0 Å². The Morgan fingerprint density at radius 3 is 3.00 bits per heavy atom. The van der Waals surface area contributed by atoms with Gasteiger partial charge >= 0.3 is 6.01 Å². The van der Waals surface area contributed by atoms with Gasteiger partial charge in [0.2, 0.25) is 5.95 Å². The van der Waals surface area contributed by atoms with Crippen LogP contribution in [0.1, 0.15) is 0 Å². The quantitative estimate of drug-likeness (QED) is 0.705. The summed E-state index contributed by atoms with van der Waals surface area (Å²) in [5, 5.41) is 3.96. The van der Waals surface area contributed by atoms with E-state index >= 15 is 0 Å². The predicted molar refractivity (Wildman–Crippen MR) is 55.7 cm³/mol. The molecule has 0 saturated heterocycles. The number of anilines is 1. The Balaban J connectivity index is 2.33. The number of hydrogen-bond acceptors (Lipinski definition) is 6. The summed E-state index contributed by atoms with van der Waals surface area (Å²) in [4.78, 5) is 11.7. The van der Waals surface area contributed by atoms with E-state index < -0.39 is 0 Å². The number of terminal acetylenes is 1. The van der Waals surface area contributed by atoms with Crippen LogP contribution in [0, 0.1) is 12.3 Å². The summed E-state index contributed by atoms with van der Waals surface area (Å²) in [6, 6.07) is 1.82. The SMILES string of the molecule is C#CCOc1nc(N)nc(-n2cccn2)n1. The van der Waals surface area contributed by atoms with Crippen molar-refractivity contribution < 1.29 is 4.74 Å². The molecule has 16 heavy (non-hydrogen) atoms. The van der Waals surface area contributed by atoms with Gasteiger partial charge in [0, 0.05) is 12.4 Å². The second kappa shape index (κ2) is 4.27. The van der Waals surface area contributed by atoms with Crippen LogP contribution in [-0.4, -0.2) is 31.3 Å². The lowest BCUT2D eigenvalue weighted by Gasteiger charge is -2.03. The number of nitrogens with zero attached hydrogens (tertiary/aromatic N) is 5. The zero-order valence-corrected chi connectivity index (χ0v) is 8.24. The van der Waals surface area contributed by atoms with E-state index in [1.54, 1.807) is 18.5 Å². The fourth-order valence-electron chi connectivity index (χ4n) is 1.02. The minimum Gasteiger partial charge on any atom is -0.450 e. The molecular weight excluding hydrogens is 208 g/mol. The molecule has 0 aromatic carbocycles. The summed E-state index contributed by atoms with van der Waals surface area (Å²) >= 11 is 0. The van der Waals surface area contributed by atoms with E-state index in [9.17, 15) is 0 Å². The van der Waals surface area contributed by atoms with Gasteiger partial charge in [-0.1, -0.05) is 5.92 Å². The molecule has 2 aromatic rings. The fourth-order valence-corrected chi connectivity index (χ4v) is 1.02. The molecule has 2 N–H and O–H groups in total. The lowest BCUT2D eigenvalue weighted by Crippen LogP contribution is -2.09. The van der Waals surface area contributed by atoms with Gasteiger partial charge in [0.1, 0.15) is 0 Å². The molecule has 0 fully saturated rings. The lowest BCUT2D eigenvalue weighted by molar-refractivity contribution is 0.338. The molecular formula is C9H8N6O. The van der Waals surface area contributed by atoms with E-state index in [1.165, 1.54) is 4.68 Å². The standard InChI is InChI=1S/C9H8N6O/c1-2-6-16-9-13-7(10)12-8(14-9)15-5-3-4-11-15/h1,3-5H,6H2,(H2,10,12,13,14). The third-order valence-electron chi connectivity index (χ3n) is 1.61. The molecule has 0 unspecified atom stereocenters. The van der Waals surface area contributed by atoms with Gasteiger partial charge in [0.25, 0.3) is 5.95 Å². The fraction of sp³-hybridized carbons (Fsp3) is 0.111. The Kier molecular flexibility index (Phi) is 2.65. The van der Waals surface area contributed by atoms with Gasteiger partial charge in [-0.3, -0.25) is 0 Å². The van der Waals surface area contributed by atoms with Crippen LogP contribution < -0.4 is 10.5 Å². The maximum atomic E-state index is 5.50. The number of ether oxygens (including phenoxy) is 1. The van der Waals surface area contributed by atoms with E-state index in [-0.39, 0.29) is 24.5 Å². The minimum atomic E-state index is 0.0486. The molecule has 0 atom stereocenters. The average Bonchev–Trinajstić information content (AvgIpc) is 2.79. The maximum Gasteiger partial charge on any atom is 0.324 e. The van der Waals surface area contributed by atoms with Crippen LogP contribution in [-0.2, 0) is 0 Å². The highest BCUT2D eigenvalue weighted by molar-refractivity contribution is 5.24. The normalized spacial score (nSPS) is 9.69. The summed E-state index contributed by atoms with van der Waals surface area (Å²) in [6.45, 7) is 0.0714. The summed E-state index contributed by atoms with van der Waals surface area (Å²) in [7, 11) is 0. The van der Waals surface area contributed by atoms with Gasteiger partial charge in [-0.25, -0.2) is 4.68 Å². The van der Waals surface area contributed by atoms with Crippen LogP contribution in [0.4, 0.5) is 5.95 Å². The van der Waals surface area contributed by atoms with Crippen molar-refractivity contribution in [1.82, 2.24) is 24.7 Å². The zero-order chi connectivity index (χ0) is 11.4. The number of nitrogens with two attached hydrogens (primary N) is 1. The first-order chi connectivity index (χ1) is 7.79. The Hall–Kier alpha value is -2.62. The van der Waals surface area contributed by atoms with Crippen molar-refractivity contribution in [2.75, 3.05) is 12.3 Å². The Morgan fingerprint density at radius 2 is 2.31 bits per heavy atom. The van der Waals surface area contributed by atoms with Gasteiger partial charge in [0.15, 0.2) is 6.61 Å². The molecule has 0 amide bonds. The third-order valence-corrected chi connectivity index (χ3v) is 1.61. The third kappa shape index (κ3) is 2.06. The van der Waals surface area contributed by atoms with Gasteiger partial charge in [-0.15, -0.1) is 6.42 Å². The predicted octanol–water partition coefficient (Wildman–Crippen LogP) is -0.349. The van der Waals surface area contributed by atoms with Crippen molar-refractivity contribution in [1.29, 1.82) is 0 Å². The molecule has 0 bridgehead atoms. The zero-order valence-electron chi connectivity index (χ0n) is 8.24. The van der Waals surface area contributed by atoms with Crippen molar-refractivity contribution in [3.63, 3.8) is 0 Å². The molecule has 0 aliphatic carbocycles. The van der Waals surface area contributed by atoms with Crippen LogP contribution >= 0.6 is 0 Å². The maximum absolute atomic E-state index is 5.50. The number of hydrogen-bond donors (Lipinski definition) is 1. The van der Waals surface area contributed by atoms with E-state index in [0.717, 1.165) is 0 Å². The minimum absolute atomic E-state index is 0.0486. The topological polar surface area (TPSA) is 91.7 Å². The molecule has 7 heteroatoms. The van der Waals surface area contributed by atoms with Gasteiger partial charge in [-0.2, -0.15) is 20.1 Å². The smallest absolute Gasteiger partial charge is 0.324 e. The molecule has 2 rings (SSSR count). The van der Waals surface area contributed by atoms with Crippen LogP contribution in [0.15, 0.2) is 18.5 Å². The monoisotopic (exact) mass is 216 g/mol. The summed E-state index contributed by atoms with van der Waals surface area (Å²) in [6.07, 6.45) is 8.33. The summed E-state index contributed by atoms with van der Waals surface area (Å²) < 4.78 is 6.50. The van der Waals surface area contributed by atoms with Gasteiger partial charge in [-0.05, 0) is 6.07 Å². The average molecular weight is 216 g/mol. The second-order valence-corrected chi connectivity index (χ2v) is 2.72. The first-order valence-corrected chi connectivity index (χ1v) is 4.37. The highest BCUT2D eigenvalue weighted by Crippen LogP contribution is 2.07. The van der Waals surface area contributed by atoms with Crippen molar-refractivity contribution >= 4 is 5.95 Å². The van der Waals surface area contributed by atoms with Crippen molar-refractivity contribution in [3.8, 4) is 24.3 Å². The first-order valence-electron chi connectivity index (χ1n) is 4.37. The number of nitrogen functional groups attached to an aromatic ring is 1. The van der Waals surface area contributed by atoms with Gasteiger partial charge in [0.05, 0.1) is 0 Å². The molecule has 0 saturated carbocycles. The summed E-state index contributed by atoms with van der Waals surface area (Å²) in [5.74, 6) is 2.63. The van der Waals surface area contributed by atoms with Crippen LogP contribution in [0.2, 0.25) is 0 Å². The van der Waals surface area contributed by atoms with E-state index in [1.807, 2.05) is 0 Å². The molecule has 7 nitrogen and oxygen atoms in total. The molecule has 0 radical (unpaired) electrons. The van der Waals surface area contributed by atoms with Crippen LogP contribution in [0.25, 0.3) is 5.95 Å². The molecule has 2 heterocycles. The molecule has 0 aliphatic rings. The second-order valence-electron chi connectivity index (χ2n) is 2.72. The van der Waals surface area contributed by atoms with Crippen molar-refractivity contribution in [3.05, 3.63) is 18.5 Å². The molecule has 0 spiro atoms. The highest BCUT2D eigenvalue weighted by atomic mass is 16.5. The van der Waals surface area contributed by atoms with Crippen LogP contribution in [0.5, 0.6) is 6.01 Å². The number of aromatic nitrogens is 5. The molecule has 2 aromatic heterocycles. The Morgan fingerprint density at radius 1 is 1.44 bits per heavy atom. The molecule has 0 aliphatic heterocycles. The first kappa shape index (κ1) is 9.92. The largest absolute Gasteiger partial charge is 0.450 e. The number of rotatable bonds is 3. The van der Waals surface area contributed by atoms with Gasteiger partial charge < -0.3 is 10.5 Å². The van der Waals surface area contributed by atoms with E-state index in [4.69, 9.17) is 16.9 Å². The van der Waals surface area contributed by atoms with Crippen molar-refractivity contribution in [2.24, 2.45) is 0 Å². The lowest BCUT2D eigenvalue weighted by atomic mass is 10.7. The highest BCUT2D eigenvalue weighted by Gasteiger charge is 2.06. The Bertz CT molecular complexity index is 515. The van der Waals surface area contributed by atoms with E-state index in [2.05, 4.69) is 26.0 Å². The van der Waals surface area contributed by atoms with Crippen LogP contribution in [0.3, 0.4) is 0 Å². The Labute approximate surface area is 91.3 Å². The van der Waals surface area contributed by atoms with Crippen molar-refractivity contribution in [2.45, 2.75) is 0 Å². The molecule has 80 valence electrons.